The average Bonchev–Trinajstić information content (AvgIpc) is 3.36. The van der Waals surface area contributed by atoms with E-state index in [1.807, 2.05) is 6.07 Å². The number of ether oxygens (including phenoxy) is 1. The number of amides is 1. The Labute approximate surface area is 167 Å². The summed E-state index contributed by atoms with van der Waals surface area (Å²) in [6, 6.07) is 9.24. The van der Waals surface area contributed by atoms with Crippen LogP contribution in [-0.2, 0) is 4.74 Å². The first-order valence-electron chi connectivity index (χ1n) is 9.45. The molecule has 0 saturated carbocycles. The fraction of sp³-hybridized carbons (Fsp3) is 0.273. The minimum atomic E-state index is -0.483. The number of nitrogens with zero attached hydrogens (tertiary/aromatic N) is 1. The first-order chi connectivity index (χ1) is 14.0. The molecule has 6 nitrogen and oxygen atoms in total. The number of methoxy groups -OCH3 is 1. The van der Waals surface area contributed by atoms with Gasteiger partial charge in [0, 0.05) is 24.0 Å². The van der Waals surface area contributed by atoms with Gasteiger partial charge in [-0.3, -0.25) is 4.79 Å². The molecule has 1 aliphatic heterocycles. The molecule has 7 heteroatoms. The molecule has 0 bridgehead atoms. The van der Waals surface area contributed by atoms with Crippen LogP contribution >= 0.6 is 0 Å². The molecule has 3 aromatic rings. The third kappa shape index (κ3) is 3.55. The van der Waals surface area contributed by atoms with E-state index in [4.69, 9.17) is 9.15 Å². The molecule has 0 aliphatic carbocycles. The molecular weight excluding hydrogens is 375 g/mol. The molecule has 0 unspecified atom stereocenters. The summed E-state index contributed by atoms with van der Waals surface area (Å²) in [5.41, 5.74) is 2.68. The van der Waals surface area contributed by atoms with Crippen LogP contribution in [0.4, 0.5) is 15.8 Å². The molecule has 150 valence electrons. The molecule has 1 amide bonds. The Morgan fingerprint density at radius 1 is 1.14 bits per heavy atom. The molecule has 0 spiro atoms. The molecule has 1 fully saturated rings. The molecule has 1 N–H and O–H groups in total. The predicted octanol–water partition coefficient (Wildman–Crippen LogP) is 4.52. The molecule has 1 saturated heterocycles. The van der Waals surface area contributed by atoms with Crippen molar-refractivity contribution in [2.45, 2.75) is 19.8 Å². The Bertz CT molecular complexity index is 1100. The summed E-state index contributed by atoms with van der Waals surface area (Å²) in [4.78, 5) is 27.1. The van der Waals surface area contributed by atoms with Gasteiger partial charge in [-0.2, -0.15) is 0 Å². The number of fused-ring (bicyclic) bond motifs is 1. The summed E-state index contributed by atoms with van der Waals surface area (Å²) in [5.74, 6) is -1.22. The number of furan rings is 1. The van der Waals surface area contributed by atoms with Crippen molar-refractivity contribution < 1.29 is 23.1 Å². The van der Waals surface area contributed by atoms with Crippen LogP contribution in [0.15, 0.2) is 40.8 Å². The molecule has 0 atom stereocenters. The zero-order valence-corrected chi connectivity index (χ0v) is 16.3. The van der Waals surface area contributed by atoms with Crippen LogP contribution in [0.2, 0.25) is 0 Å². The predicted molar refractivity (Wildman–Crippen MR) is 108 cm³/mol. The zero-order valence-electron chi connectivity index (χ0n) is 16.3. The van der Waals surface area contributed by atoms with Gasteiger partial charge in [0.1, 0.15) is 11.4 Å². The molecule has 0 radical (unpaired) electrons. The highest BCUT2D eigenvalue weighted by molar-refractivity contribution is 6.08. The van der Waals surface area contributed by atoms with Gasteiger partial charge in [-0.05, 0) is 56.2 Å². The number of anilines is 2. The van der Waals surface area contributed by atoms with E-state index in [-0.39, 0.29) is 5.76 Å². The van der Waals surface area contributed by atoms with Crippen molar-refractivity contribution in [3.63, 3.8) is 0 Å². The Morgan fingerprint density at radius 2 is 1.90 bits per heavy atom. The van der Waals surface area contributed by atoms with E-state index in [0.717, 1.165) is 31.6 Å². The normalized spacial score (nSPS) is 13.7. The second kappa shape index (κ2) is 7.58. The Balaban J connectivity index is 1.71. The number of benzene rings is 2. The first kappa shape index (κ1) is 19.0. The topological polar surface area (TPSA) is 71.8 Å². The van der Waals surface area contributed by atoms with E-state index < -0.39 is 17.7 Å². The monoisotopic (exact) mass is 396 g/mol. The molecular formula is C22H21FN2O4. The summed E-state index contributed by atoms with van der Waals surface area (Å²) in [6.07, 6.45) is 2.14. The van der Waals surface area contributed by atoms with Crippen molar-refractivity contribution in [1.29, 1.82) is 0 Å². The van der Waals surface area contributed by atoms with Crippen LogP contribution in [0, 0.1) is 12.7 Å². The molecule has 1 aromatic heterocycles. The van der Waals surface area contributed by atoms with Gasteiger partial charge in [0.15, 0.2) is 5.76 Å². The van der Waals surface area contributed by atoms with Crippen LogP contribution in [0.25, 0.3) is 11.0 Å². The SMILES string of the molecule is COC(=O)c1ccc(N2CCCC2)c(NC(=O)c2oc3ccc(F)cc3c2C)c1. The van der Waals surface area contributed by atoms with Crippen LogP contribution in [0.1, 0.15) is 39.3 Å². The minimum absolute atomic E-state index is 0.112. The molecule has 29 heavy (non-hydrogen) atoms. The number of carbonyl (C=O) groups is 2. The van der Waals surface area contributed by atoms with Crippen LogP contribution < -0.4 is 10.2 Å². The Kier molecular flexibility index (Phi) is 4.96. The Morgan fingerprint density at radius 3 is 2.62 bits per heavy atom. The van der Waals surface area contributed by atoms with Crippen LogP contribution in [0.3, 0.4) is 0 Å². The number of hydrogen-bond donors (Lipinski definition) is 1. The van der Waals surface area contributed by atoms with Crippen LogP contribution in [-0.4, -0.2) is 32.1 Å². The molecule has 2 heterocycles. The zero-order chi connectivity index (χ0) is 20.5. The second-order valence-corrected chi connectivity index (χ2v) is 7.07. The van der Waals surface area contributed by atoms with Crippen molar-refractivity contribution in [2.75, 3.05) is 30.4 Å². The highest BCUT2D eigenvalue weighted by Gasteiger charge is 2.22. The van der Waals surface area contributed by atoms with Gasteiger partial charge < -0.3 is 19.4 Å². The van der Waals surface area contributed by atoms with Gasteiger partial charge in [-0.15, -0.1) is 0 Å². The Hall–Kier alpha value is -3.35. The number of rotatable bonds is 4. The molecule has 1 aliphatic rings. The van der Waals surface area contributed by atoms with Crippen molar-refractivity contribution in [3.05, 3.63) is 59.1 Å². The number of aryl methyl sites for hydroxylation is 1. The van der Waals surface area contributed by atoms with Crippen LogP contribution in [0.5, 0.6) is 0 Å². The van der Waals surface area contributed by atoms with Gasteiger partial charge >= 0.3 is 5.97 Å². The summed E-state index contributed by atoms with van der Waals surface area (Å²) in [7, 11) is 1.31. The lowest BCUT2D eigenvalue weighted by Crippen LogP contribution is -2.21. The van der Waals surface area contributed by atoms with Gasteiger partial charge in [0.2, 0.25) is 0 Å². The van der Waals surface area contributed by atoms with E-state index >= 15 is 0 Å². The van der Waals surface area contributed by atoms with E-state index in [9.17, 15) is 14.0 Å². The van der Waals surface area contributed by atoms with Crippen molar-refractivity contribution >= 4 is 34.2 Å². The lowest BCUT2D eigenvalue weighted by Gasteiger charge is -2.22. The smallest absolute Gasteiger partial charge is 0.337 e. The second-order valence-electron chi connectivity index (χ2n) is 7.07. The van der Waals surface area contributed by atoms with Crippen molar-refractivity contribution in [1.82, 2.24) is 0 Å². The van der Waals surface area contributed by atoms with Crippen molar-refractivity contribution in [2.24, 2.45) is 0 Å². The van der Waals surface area contributed by atoms with Crippen molar-refractivity contribution in [3.8, 4) is 0 Å². The van der Waals surface area contributed by atoms with E-state index in [1.54, 1.807) is 19.1 Å². The standard InChI is InChI=1S/C22H21FN2O4/c1-13-16-12-15(23)6-8-19(16)29-20(13)21(26)24-17-11-14(22(27)28-2)5-7-18(17)25-9-3-4-10-25/h5-8,11-12H,3-4,9-10H2,1-2H3,(H,24,26). The lowest BCUT2D eigenvalue weighted by molar-refractivity contribution is 0.0600. The van der Waals surface area contributed by atoms with E-state index in [2.05, 4.69) is 10.2 Å². The fourth-order valence-corrected chi connectivity index (χ4v) is 3.70. The largest absolute Gasteiger partial charge is 0.465 e. The van der Waals surface area contributed by atoms with E-state index in [1.165, 1.54) is 25.3 Å². The third-order valence-electron chi connectivity index (χ3n) is 5.22. The van der Waals surface area contributed by atoms with Gasteiger partial charge in [-0.25, -0.2) is 9.18 Å². The first-order valence-corrected chi connectivity index (χ1v) is 9.45. The van der Waals surface area contributed by atoms with E-state index in [0.29, 0.717) is 27.8 Å². The van der Waals surface area contributed by atoms with Gasteiger partial charge in [0.05, 0.1) is 24.0 Å². The maximum Gasteiger partial charge on any atom is 0.337 e. The third-order valence-corrected chi connectivity index (χ3v) is 5.22. The number of hydrogen-bond acceptors (Lipinski definition) is 5. The number of carbonyl (C=O) groups excluding carboxylic acids is 2. The summed E-state index contributed by atoms with van der Waals surface area (Å²) in [6.45, 7) is 3.47. The van der Waals surface area contributed by atoms with Gasteiger partial charge in [0.25, 0.3) is 5.91 Å². The fourth-order valence-electron chi connectivity index (χ4n) is 3.70. The number of halogens is 1. The maximum atomic E-state index is 13.6. The lowest BCUT2D eigenvalue weighted by atomic mass is 10.1. The molecule has 2 aromatic carbocycles. The maximum absolute atomic E-state index is 13.6. The number of esters is 1. The highest BCUT2D eigenvalue weighted by Crippen LogP contribution is 2.32. The summed E-state index contributed by atoms with van der Waals surface area (Å²) < 4.78 is 24.0. The average molecular weight is 396 g/mol. The molecule has 4 rings (SSSR count). The quantitative estimate of drug-likeness (QED) is 0.657. The summed E-state index contributed by atoms with van der Waals surface area (Å²) in [5, 5.41) is 3.42. The van der Waals surface area contributed by atoms with Gasteiger partial charge in [-0.1, -0.05) is 0 Å². The number of nitrogens with one attached hydrogen (secondary N) is 1. The summed E-state index contributed by atoms with van der Waals surface area (Å²) >= 11 is 0. The minimum Gasteiger partial charge on any atom is -0.465 e. The highest BCUT2D eigenvalue weighted by atomic mass is 19.1.